The minimum absolute atomic E-state index is 0.0467. The van der Waals surface area contributed by atoms with Gasteiger partial charge < -0.3 is 4.90 Å². The zero-order chi connectivity index (χ0) is 11.6. The van der Waals surface area contributed by atoms with Gasteiger partial charge in [0.2, 0.25) is 5.13 Å². The predicted molar refractivity (Wildman–Crippen MR) is 66.8 cm³/mol. The molecule has 0 bridgehead atoms. The van der Waals surface area contributed by atoms with E-state index in [1.165, 1.54) is 11.5 Å². The maximum atomic E-state index is 4.58. The molecule has 0 aliphatic carbocycles. The molecule has 1 unspecified atom stereocenters. The van der Waals surface area contributed by atoms with Crippen LogP contribution in [0.4, 0.5) is 5.13 Å². The highest BCUT2D eigenvalue weighted by atomic mass is 32.1. The van der Waals surface area contributed by atoms with Gasteiger partial charge in [-0.15, -0.1) is 0 Å². The second-order valence-corrected chi connectivity index (χ2v) is 5.75. The Morgan fingerprint density at radius 1 is 1.40 bits per heavy atom. The fraction of sp³-hybridized carbons (Fsp3) is 0.818. The van der Waals surface area contributed by atoms with Crippen LogP contribution in [0.5, 0.6) is 0 Å². The van der Waals surface area contributed by atoms with Crippen LogP contribution < -0.4 is 4.90 Å². The van der Waals surface area contributed by atoms with Crippen LogP contribution in [0.15, 0.2) is 0 Å². The fourth-order valence-electron chi connectivity index (χ4n) is 1.13. The number of nitrogens with zero attached hydrogens (tertiary/aromatic N) is 3. The van der Waals surface area contributed by atoms with Crippen molar-refractivity contribution >= 4 is 16.7 Å². The summed E-state index contributed by atoms with van der Waals surface area (Å²) in [6, 6.07) is 0.519. The molecule has 0 saturated heterocycles. The van der Waals surface area contributed by atoms with E-state index in [0.29, 0.717) is 6.04 Å². The lowest BCUT2D eigenvalue weighted by molar-refractivity contribution is 0.553. The standard InChI is InChI=1S/C11H21N3S/c1-7-8(2)14(6)10-12-9(13-15-10)11(3,4)5/h8H,7H2,1-6H3. The lowest BCUT2D eigenvalue weighted by atomic mass is 9.96. The molecule has 1 heterocycles. The molecule has 0 amide bonds. The second-order valence-electron chi connectivity index (χ2n) is 5.02. The summed E-state index contributed by atoms with van der Waals surface area (Å²) in [4.78, 5) is 6.79. The van der Waals surface area contributed by atoms with Gasteiger partial charge in [0.25, 0.3) is 0 Å². The molecular formula is C11H21N3S. The number of hydrogen-bond donors (Lipinski definition) is 0. The normalized spacial score (nSPS) is 14.0. The Bertz CT molecular complexity index is 314. The largest absolute Gasteiger partial charge is 0.347 e. The van der Waals surface area contributed by atoms with Gasteiger partial charge in [-0.05, 0) is 13.3 Å². The molecule has 0 spiro atoms. The molecule has 86 valence electrons. The highest BCUT2D eigenvalue weighted by Gasteiger charge is 2.21. The first-order valence-electron chi connectivity index (χ1n) is 5.43. The summed E-state index contributed by atoms with van der Waals surface area (Å²) >= 11 is 1.49. The maximum Gasteiger partial charge on any atom is 0.205 e. The Labute approximate surface area is 96.7 Å². The third-order valence-electron chi connectivity index (χ3n) is 2.64. The summed E-state index contributed by atoms with van der Waals surface area (Å²) in [6.07, 6.45) is 1.13. The Balaban J connectivity index is 2.85. The van der Waals surface area contributed by atoms with Gasteiger partial charge >= 0.3 is 0 Å². The molecule has 0 radical (unpaired) electrons. The lowest BCUT2D eigenvalue weighted by Gasteiger charge is -2.22. The third kappa shape index (κ3) is 2.91. The monoisotopic (exact) mass is 227 g/mol. The first kappa shape index (κ1) is 12.4. The van der Waals surface area contributed by atoms with Crippen molar-refractivity contribution in [1.29, 1.82) is 0 Å². The van der Waals surface area contributed by atoms with Gasteiger partial charge in [-0.25, -0.2) is 4.98 Å². The zero-order valence-corrected chi connectivity index (χ0v) is 11.4. The Morgan fingerprint density at radius 2 is 2.00 bits per heavy atom. The van der Waals surface area contributed by atoms with Crippen molar-refractivity contribution in [3.05, 3.63) is 5.82 Å². The van der Waals surface area contributed by atoms with Crippen molar-refractivity contribution in [2.75, 3.05) is 11.9 Å². The SMILES string of the molecule is CCC(C)N(C)c1nc(C(C)(C)C)ns1. The molecule has 4 heteroatoms. The van der Waals surface area contributed by atoms with E-state index in [1.54, 1.807) is 0 Å². The van der Waals surface area contributed by atoms with E-state index in [4.69, 9.17) is 0 Å². The minimum Gasteiger partial charge on any atom is -0.347 e. The molecule has 0 N–H and O–H groups in total. The molecule has 0 aliphatic rings. The molecule has 0 aliphatic heterocycles. The van der Waals surface area contributed by atoms with Crippen LogP contribution in [0.2, 0.25) is 0 Å². The summed E-state index contributed by atoms with van der Waals surface area (Å²) in [7, 11) is 2.08. The van der Waals surface area contributed by atoms with Gasteiger partial charge in [-0.2, -0.15) is 4.37 Å². The van der Waals surface area contributed by atoms with Crippen LogP contribution in [0.1, 0.15) is 46.9 Å². The quantitative estimate of drug-likeness (QED) is 0.794. The van der Waals surface area contributed by atoms with Crippen LogP contribution in [0.25, 0.3) is 0 Å². The van der Waals surface area contributed by atoms with Gasteiger partial charge in [0.1, 0.15) is 5.82 Å². The molecule has 1 rings (SSSR count). The van der Waals surface area contributed by atoms with Crippen LogP contribution in [0.3, 0.4) is 0 Å². The van der Waals surface area contributed by atoms with Crippen molar-refractivity contribution in [2.45, 2.75) is 52.5 Å². The Morgan fingerprint density at radius 3 is 2.40 bits per heavy atom. The molecule has 1 aromatic rings. The molecular weight excluding hydrogens is 206 g/mol. The van der Waals surface area contributed by atoms with Gasteiger partial charge in [0, 0.05) is 30.0 Å². The van der Waals surface area contributed by atoms with E-state index in [1.807, 2.05) is 0 Å². The molecule has 3 nitrogen and oxygen atoms in total. The summed E-state index contributed by atoms with van der Waals surface area (Å²) < 4.78 is 4.41. The highest BCUT2D eigenvalue weighted by molar-refractivity contribution is 7.09. The van der Waals surface area contributed by atoms with Crippen LogP contribution in [-0.4, -0.2) is 22.4 Å². The van der Waals surface area contributed by atoms with Crippen molar-refractivity contribution in [1.82, 2.24) is 9.36 Å². The number of aromatic nitrogens is 2. The topological polar surface area (TPSA) is 29.0 Å². The van der Waals surface area contributed by atoms with Crippen LogP contribution in [0, 0.1) is 0 Å². The third-order valence-corrected chi connectivity index (χ3v) is 3.45. The predicted octanol–water partition coefficient (Wildman–Crippen LogP) is 3.07. The molecule has 0 aromatic carbocycles. The van der Waals surface area contributed by atoms with E-state index < -0.39 is 0 Å². The maximum absolute atomic E-state index is 4.58. The summed E-state index contributed by atoms with van der Waals surface area (Å²) in [6.45, 7) is 10.8. The average molecular weight is 227 g/mol. The van der Waals surface area contributed by atoms with E-state index in [9.17, 15) is 0 Å². The van der Waals surface area contributed by atoms with Gasteiger partial charge in [0.15, 0.2) is 0 Å². The summed E-state index contributed by atoms with van der Waals surface area (Å²) in [5, 5.41) is 1.02. The zero-order valence-electron chi connectivity index (χ0n) is 10.5. The van der Waals surface area contributed by atoms with E-state index in [-0.39, 0.29) is 5.41 Å². The van der Waals surface area contributed by atoms with E-state index in [0.717, 1.165) is 17.4 Å². The molecule has 0 saturated carbocycles. The highest BCUT2D eigenvalue weighted by Crippen LogP contribution is 2.25. The van der Waals surface area contributed by atoms with Crippen LogP contribution in [-0.2, 0) is 5.41 Å². The van der Waals surface area contributed by atoms with E-state index in [2.05, 4.69) is 55.9 Å². The molecule has 15 heavy (non-hydrogen) atoms. The smallest absolute Gasteiger partial charge is 0.205 e. The summed E-state index contributed by atoms with van der Waals surface area (Å²) in [5.74, 6) is 0.942. The van der Waals surface area contributed by atoms with E-state index >= 15 is 0 Å². The summed E-state index contributed by atoms with van der Waals surface area (Å²) in [5.41, 5.74) is 0.0467. The first-order chi connectivity index (χ1) is 6.86. The van der Waals surface area contributed by atoms with Crippen molar-refractivity contribution in [2.24, 2.45) is 0 Å². The van der Waals surface area contributed by atoms with Crippen molar-refractivity contribution < 1.29 is 0 Å². The van der Waals surface area contributed by atoms with Crippen molar-refractivity contribution in [3.8, 4) is 0 Å². The van der Waals surface area contributed by atoms with Gasteiger partial charge in [0.05, 0.1) is 0 Å². The number of anilines is 1. The first-order valence-corrected chi connectivity index (χ1v) is 6.20. The molecule has 0 fully saturated rings. The minimum atomic E-state index is 0.0467. The average Bonchev–Trinajstić information content (AvgIpc) is 2.63. The lowest BCUT2D eigenvalue weighted by Crippen LogP contribution is -2.28. The second kappa shape index (κ2) is 4.47. The number of rotatable bonds is 3. The Hall–Kier alpha value is -0.640. The fourth-order valence-corrected chi connectivity index (χ4v) is 2.04. The van der Waals surface area contributed by atoms with Crippen molar-refractivity contribution in [3.63, 3.8) is 0 Å². The molecule has 1 aromatic heterocycles. The van der Waals surface area contributed by atoms with Gasteiger partial charge in [-0.1, -0.05) is 27.7 Å². The van der Waals surface area contributed by atoms with Gasteiger partial charge in [-0.3, -0.25) is 0 Å². The number of hydrogen-bond acceptors (Lipinski definition) is 4. The molecule has 1 atom stereocenters. The van der Waals surface area contributed by atoms with Crippen LogP contribution >= 0.6 is 11.5 Å². The Kier molecular flexibility index (Phi) is 3.71.